The molecule has 0 spiro atoms. The maximum absolute atomic E-state index is 12.7. The van der Waals surface area contributed by atoms with Crippen molar-refractivity contribution >= 4 is 5.78 Å². The molecule has 1 rings (SSSR count). The Morgan fingerprint density at radius 3 is 3.00 bits per heavy atom. The Bertz CT molecular complexity index is 215. The molecule has 0 aromatic heterocycles. The maximum atomic E-state index is 12.7. The zero-order valence-corrected chi connectivity index (χ0v) is 8.71. The molecule has 0 bridgehead atoms. The van der Waals surface area contributed by atoms with Gasteiger partial charge < -0.3 is 0 Å². The fourth-order valence-electron chi connectivity index (χ4n) is 1.61. The standard InChI is InChI=1S/C11H18FNO/c1-2-4-11(14)5-3-7-13-8-6-10(12)9-13/h3,5,10H,2,4,6-9H2,1H3/b5-3+/t10-/m1/s1. The minimum atomic E-state index is -0.672. The molecule has 80 valence electrons. The molecule has 0 radical (unpaired) electrons. The quantitative estimate of drug-likeness (QED) is 0.631. The van der Waals surface area contributed by atoms with Crippen molar-refractivity contribution in [3.05, 3.63) is 12.2 Å². The summed E-state index contributed by atoms with van der Waals surface area (Å²) in [4.78, 5) is 13.1. The van der Waals surface area contributed by atoms with Crippen LogP contribution in [0.5, 0.6) is 0 Å². The minimum Gasteiger partial charge on any atom is -0.297 e. The van der Waals surface area contributed by atoms with Gasteiger partial charge in [-0.15, -0.1) is 0 Å². The van der Waals surface area contributed by atoms with Crippen LogP contribution in [0.15, 0.2) is 12.2 Å². The fraction of sp³-hybridized carbons (Fsp3) is 0.727. The van der Waals surface area contributed by atoms with Crippen LogP contribution < -0.4 is 0 Å². The zero-order chi connectivity index (χ0) is 10.4. The van der Waals surface area contributed by atoms with Crippen molar-refractivity contribution in [3.8, 4) is 0 Å². The van der Waals surface area contributed by atoms with E-state index in [1.165, 1.54) is 0 Å². The number of hydrogen-bond acceptors (Lipinski definition) is 2. The lowest BCUT2D eigenvalue weighted by molar-refractivity contribution is -0.114. The van der Waals surface area contributed by atoms with Crippen LogP contribution in [0.25, 0.3) is 0 Å². The predicted octanol–water partition coefficient (Wildman–Crippen LogP) is 1.96. The molecule has 0 N–H and O–H groups in total. The normalized spacial score (nSPS) is 23.4. The minimum absolute atomic E-state index is 0.170. The smallest absolute Gasteiger partial charge is 0.155 e. The van der Waals surface area contributed by atoms with Crippen LogP contribution in [-0.2, 0) is 4.79 Å². The van der Waals surface area contributed by atoms with E-state index in [-0.39, 0.29) is 5.78 Å². The summed E-state index contributed by atoms with van der Waals surface area (Å²) in [6, 6.07) is 0. The number of halogens is 1. The molecule has 1 atom stereocenters. The SMILES string of the molecule is CCCC(=O)/C=C/CN1CC[C@@H](F)C1. The second kappa shape index (κ2) is 5.91. The van der Waals surface area contributed by atoms with Gasteiger partial charge in [0.2, 0.25) is 0 Å². The average Bonchev–Trinajstić information content (AvgIpc) is 2.52. The van der Waals surface area contributed by atoms with E-state index in [4.69, 9.17) is 0 Å². The third kappa shape index (κ3) is 4.01. The van der Waals surface area contributed by atoms with Gasteiger partial charge in [0.05, 0.1) is 0 Å². The number of ketones is 1. The highest BCUT2D eigenvalue weighted by molar-refractivity contribution is 5.89. The van der Waals surface area contributed by atoms with E-state index >= 15 is 0 Å². The molecule has 0 aliphatic carbocycles. The summed E-state index contributed by atoms with van der Waals surface area (Å²) >= 11 is 0. The first-order chi connectivity index (χ1) is 6.72. The van der Waals surface area contributed by atoms with Crippen LogP contribution in [0.3, 0.4) is 0 Å². The highest BCUT2D eigenvalue weighted by atomic mass is 19.1. The molecule has 1 heterocycles. The summed E-state index contributed by atoms with van der Waals surface area (Å²) in [7, 11) is 0. The molecular formula is C11H18FNO. The molecule has 0 unspecified atom stereocenters. The molecule has 0 amide bonds. The van der Waals surface area contributed by atoms with Crippen molar-refractivity contribution in [3.63, 3.8) is 0 Å². The molecule has 1 saturated heterocycles. The predicted molar refractivity (Wildman–Crippen MR) is 55.0 cm³/mol. The molecule has 14 heavy (non-hydrogen) atoms. The van der Waals surface area contributed by atoms with Gasteiger partial charge in [0.25, 0.3) is 0 Å². The average molecular weight is 199 g/mol. The number of rotatable bonds is 5. The van der Waals surface area contributed by atoms with Crippen LogP contribution in [0, 0.1) is 0 Å². The molecule has 3 heteroatoms. The summed E-state index contributed by atoms with van der Waals surface area (Å²) in [5, 5.41) is 0. The van der Waals surface area contributed by atoms with Gasteiger partial charge in [-0.1, -0.05) is 13.0 Å². The van der Waals surface area contributed by atoms with Gasteiger partial charge in [-0.05, 0) is 18.9 Å². The van der Waals surface area contributed by atoms with Gasteiger partial charge >= 0.3 is 0 Å². The Morgan fingerprint density at radius 1 is 1.64 bits per heavy atom. The first kappa shape index (κ1) is 11.4. The van der Waals surface area contributed by atoms with Gasteiger partial charge in [0, 0.05) is 26.1 Å². The van der Waals surface area contributed by atoms with Gasteiger partial charge in [-0.3, -0.25) is 9.69 Å². The Labute approximate surface area is 84.8 Å². The first-order valence-electron chi connectivity index (χ1n) is 5.28. The number of carbonyl (C=O) groups excluding carboxylic acids is 1. The highest BCUT2D eigenvalue weighted by Crippen LogP contribution is 2.11. The first-order valence-corrected chi connectivity index (χ1v) is 5.28. The summed E-state index contributed by atoms with van der Waals surface area (Å²) in [5.74, 6) is 0.170. The zero-order valence-electron chi connectivity index (χ0n) is 8.71. The number of allylic oxidation sites excluding steroid dienone is 1. The summed E-state index contributed by atoms with van der Waals surface area (Å²) in [6.45, 7) is 4.02. The topological polar surface area (TPSA) is 20.3 Å². The van der Waals surface area contributed by atoms with Crippen molar-refractivity contribution in [1.29, 1.82) is 0 Å². The van der Waals surface area contributed by atoms with Gasteiger partial charge in [0.1, 0.15) is 6.17 Å². The summed E-state index contributed by atoms with van der Waals surface area (Å²) < 4.78 is 12.7. The van der Waals surface area contributed by atoms with E-state index in [0.29, 0.717) is 25.9 Å². The van der Waals surface area contributed by atoms with Crippen LogP contribution in [0.2, 0.25) is 0 Å². The van der Waals surface area contributed by atoms with Gasteiger partial charge in [0.15, 0.2) is 5.78 Å². The second-order valence-corrected chi connectivity index (χ2v) is 3.76. The number of likely N-dealkylation sites (tertiary alicyclic amines) is 1. The lowest BCUT2D eigenvalue weighted by Crippen LogP contribution is -2.20. The fourth-order valence-corrected chi connectivity index (χ4v) is 1.61. The Hall–Kier alpha value is -0.700. The van der Waals surface area contributed by atoms with Crippen LogP contribution in [-0.4, -0.2) is 36.5 Å². The number of nitrogens with zero attached hydrogens (tertiary/aromatic N) is 1. The molecule has 1 fully saturated rings. The lowest BCUT2D eigenvalue weighted by atomic mass is 10.2. The van der Waals surface area contributed by atoms with E-state index < -0.39 is 6.17 Å². The van der Waals surface area contributed by atoms with Crippen molar-refractivity contribution < 1.29 is 9.18 Å². The van der Waals surface area contributed by atoms with E-state index in [1.807, 2.05) is 17.9 Å². The molecular weight excluding hydrogens is 181 g/mol. The highest BCUT2D eigenvalue weighted by Gasteiger charge is 2.19. The number of carbonyl (C=O) groups is 1. The third-order valence-corrected chi connectivity index (χ3v) is 2.38. The largest absolute Gasteiger partial charge is 0.297 e. The second-order valence-electron chi connectivity index (χ2n) is 3.76. The maximum Gasteiger partial charge on any atom is 0.155 e. The summed E-state index contributed by atoms with van der Waals surface area (Å²) in [6.07, 6.45) is 4.93. The molecule has 0 saturated carbocycles. The van der Waals surface area contributed by atoms with Crippen molar-refractivity contribution in [2.24, 2.45) is 0 Å². The van der Waals surface area contributed by atoms with Crippen LogP contribution in [0.1, 0.15) is 26.2 Å². The summed E-state index contributed by atoms with van der Waals surface area (Å²) in [5.41, 5.74) is 0. The molecule has 1 aliphatic rings. The van der Waals surface area contributed by atoms with E-state index in [9.17, 15) is 9.18 Å². The Balaban J connectivity index is 2.16. The third-order valence-electron chi connectivity index (χ3n) is 2.38. The number of alkyl halides is 1. The van der Waals surface area contributed by atoms with Crippen LogP contribution in [0.4, 0.5) is 4.39 Å². The molecule has 1 aliphatic heterocycles. The van der Waals surface area contributed by atoms with E-state index in [0.717, 1.165) is 13.0 Å². The Kier molecular flexibility index (Phi) is 4.80. The molecule has 0 aromatic rings. The molecule has 0 aromatic carbocycles. The number of hydrogen-bond donors (Lipinski definition) is 0. The van der Waals surface area contributed by atoms with Crippen molar-refractivity contribution in [2.45, 2.75) is 32.4 Å². The van der Waals surface area contributed by atoms with Gasteiger partial charge in [-0.2, -0.15) is 0 Å². The molecule has 2 nitrogen and oxygen atoms in total. The van der Waals surface area contributed by atoms with Crippen LogP contribution >= 0.6 is 0 Å². The lowest BCUT2D eigenvalue weighted by Gasteiger charge is -2.10. The van der Waals surface area contributed by atoms with Crippen molar-refractivity contribution in [1.82, 2.24) is 4.90 Å². The Morgan fingerprint density at radius 2 is 2.43 bits per heavy atom. The van der Waals surface area contributed by atoms with E-state index in [1.54, 1.807) is 6.08 Å². The van der Waals surface area contributed by atoms with E-state index in [2.05, 4.69) is 0 Å². The monoisotopic (exact) mass is 199 g/mol. The van der Waals surface area contributed by atoms with Gasteiger partial charge in [-0.25, -0.2) is 4.39 Å². The van der Waals surface area contributed by atoms with Crippen molar-refractivity contribution in [2.75, 3.05) is 19.6 Å².